The Morgan fingerprint density at radius 1 is 1.44 bits per heavy atom. The Morgan fingerprint density at radius 2 is 2.12 bits per heavy atom. The van der Waals surface area contributed by atoms with Crippen LogP contribution in [-0.2, 0) is 0 Å². The summed E-state index contributed by atoms with van der Waals surface area (Å²) in [5.74, 6) is 0.703. The fourth-order valence-electron chi connectivity index (χ4n) is 1.98. The van der Waals surface area contributed by atoms with Gasteiger partial charge in [-0.2, -0.15) is 0 Å². The number of hydrogen-bond acceptors (Lipinski definition) is 2. The predicted octanol–water partition coefficient (Wildman–Crippen LogP) is 3.50. The number of benzene rings is 1. The Balaban J connectivity index is 2.24. The largest absolute Gasteiger partial charge is 0.399 e. The highest BCUT2D eigenvalue weighted by Gasteiger charge is 2.30. The number of anilines is 2. The Hall–Kier alpha value is -0.450. The van der Waals surface area contributed by atoms with Crippen LogP contribution in [0.2, 0.25) is 0 Å². The van der Waals surface area contributed by atoms with Gasteiger partial charge in [-0.3, -0.25) is 0 Å². The van der Waals surface area contributed by atoms with Gasteiger partial charge in [-0.05, 0) is 59.5 Å². The van der Waals surface area contributed by atoms with Crippen molar-refractivity contribution in [3.8, 4) is 0 Å². The summed E-state index contributed by atoms with van der Waals surface area (Å²) in [4.78, 5) is 2.55. The first kappa shape index (κ1) is 12.0. The molecule has 1 fully saturated rings. The molecule has 0 spiro atoms. The average molecular weight is 330 g/mol. The van der Waals surface area contributed by atoms with Crippen molar-refractivity contribution in [2.75, 3.05) is 17.2 Å². The third-order valence-corrected chi connectivity index (χ3v) is 3.69. The van der Waals surface area contributed by atoms with E-state index in [0.29, 0.717) is 5.92 Å². The van der Waals surface area contributed by atoms with E-state index in [1.807, 2.05) is 6.07 Å². The van der Waals surface area contributed by atoms with Crippen molar-refractivity contribution < 1.29 is 0 Å². The molecule has 1 saturated carbocycles. The number of halogens is 1. The number of nitrogens with two attached hydrogens (primary N) is 1. The lowest BCUT2D eigenvalue weighted by Crippen LogP contribution is -2.30. The van der Waals surface area contributed by atoms with Crippen LogP contribution in [0.4, 0.5) is 11.4 Å². The molecule has 0 heterocycles. The van der Waals surface area contributed by atoms with Crippen LogP contribution in [0.3, 0.4) is 0 Å². The first-order chi connectivity index (χ1) is 7.58. The second-order valence-corrected chi connectivity index (χ2v) is 6.15. The fraction of sp³-hybridized carbons (Fsp3) is 0.538. The second kappa shape index (κ2) is 4.82. The fourth-order valence-corrected chi connectivity index (χ4v) is 2.83. The summed E-state index contributed by atoms with van der Waals surface area (Å²) in [6, 6.07) is 7.00. The van der Waals surface area contributed by atoms with Gasteiger partial charge < -0.3 is 10.6 Å². The number of nitrogen functional groups attached to an aromatic ring is 1. The van der Waals surface area contributed by atoms with E-state index in [2.05, 4.69) is 53.5 Å². The number of hydrogen-bond donors (Lipinski definition) is 1. The molecule has 16 heavy (non-hydrogen) atoms. The molecule has 1 aliphatic rings. The maximum Gasteiger partial charge on any atom is 0.0506 e. The van der Waals surface area contributed by atoms with Gasteiger partial charge in [-0.15, -0.1) is 0 Å². The summed E-state index contributed by atoms with van der Waals surface area (Å²) in [5.41, 5.74) is 8.01. The SMILES string of the molecule is CC(C)CN(c1ccc(N)cc1I)C1CC1. The molecule has 0 amide bonds. The summed E-state index contributed by atoms with van der Waals surface area (Å²) >= 11 is 2.39. The zero-order valence-corrected chi connectivity index (χ0v) is 12.1. The topological polar surface area (TPSA) is 29.3 Å². The molecule has 2 rings (SSSR count). The van der Waals surface area contributed by atoms with Gasteiger partial charge in [0.2, 0.25) is 0 Å². The van der Waals surface area contributed by atoms with Crippen molar-refractivity contribution in [1.82, 2.24) is 0 Å². The Morgan fingerprint density at radius 3 is 2.62 bits per heavy atom. The zero-order valence-electron chi connectivity index (χ0n) is 9.91. The first-order valence-corrected chi connectivity index (χ1v) is 6.97. The molecule has 0 aromatic heterocycles. The van der Waals surface area contributed by atoms with Gasteiger partial charge in [0.25, 0.3) is 0 Å². The van der Waals surface area contributed by atoms with Gasteiger partial charge in [0, 0.05) is 21.8 Å². The van der Waals surface area contributed by atoms with Crippen molar-refractivity contribution in [2.24, 2.45) is 5.92 Å². The number of rotatable bonds is 4. The summed E-state index contributed by atoms with van der Waals surface area (Å²) in [5, 5.41) is 0. The van der Waals surface area contributed by atoms with E-state index in [9.17, 15) is 0 Å². The molecule has 0 saturated heterocycles. The lowest BCUT2D eigenvalue weighted by molar-refractivity contribution is 0.606. The van der Waals surface area contributed by atoms with Crippen molar-refractivity contribution in [2.45, 2.75) is 32.7 Å². The Bertz CT molecular complexity index is 372. The molecular weight excluding hydrogens is 311 g/mol. The summed E-state index contributed by atoms with van der Waals surface area (Å²) in [6.07, 6.45) is 2.68. The molecule has 0 bridgehead atoms. The van der Waals surface area contributed by atoms with Crippen LogP contribution in [0.15, 0.2) is 18.2 Å². The molecule has 88 valence electrons. The van der Waals surface area contributed by atoms with Gasteiger partial charge in [0.1, 0.15) is 0 Å². The first-order valence-electron chi connectivity index (χ1n) is 5.89. The third kappa shape index (κ3) is 2.81. The van der Waals surface area contributed by atoms with Gasteiger partial charge >= 0.3 is 0 Å². The van der Waals surface area contributed by atoms with E-state index < -0.39 is 0 Å². The molecule has 2 N–H and O–H groups in total. The highest BCUT2D eigenvalue weighted by molar-refractivity contribution is 14.1. The highest BCUT2D eigenvalue weighted by atomic mass is 127. The van der Waals surface area contributed by atoms with Crippen LogP contribution >= 0.6 is 22.6 Å². The molecule has 1 aromatic carbocycles. The lowest BCUT2D eigenvalue weighted by Gasteiger charge is -2.27. The molecular formula is C13H19IN2. The van der Waals surface area contributed by atoms with Crippen molar-refractivity contribution in [3.05, 3.63) is 21.8 Å². The molecule has 2 nitrogen and oxygen atoms in total. The van der Waals surface area contributed by atoms with Crippen LogP contribution in [0, 0.1) is 9.49 Å². The van der Waals surface area contributed by atoms with Crippen molar-refractivity contribution >= 4 is 34.0 Å². The van der Waals surface area contributed by atoms with E-state index in [4.69, 9.17) is 5.73 Å². The van der Waals surface area contributed by atoms with E-state index >= 15 is 0 Å². The molecule has 0 aliphatic heterocycles. The minimum Gasteiger partial charge on any atom is -0.399 e. The maximum atomic E-state index is 5.80. The van der Waals surface area contributed by atoms with Crippen LogP contribution in [0.1, 0.15) is 26.7 Å². The molecule has 3 heteroatoms. The highest BCUT2D eigenvalue weighted by Crippen LogP contribution is 2.35. The standard InChI is InChI=1S/C13H19IN2/c1-9(2)8-16(11-4-5-11)13-6-3-10(15)7-12(13)14/h3,6-7,9,11H,4-5,8,15H2,1-2H3. The quantitative estimate of drug-likeness (QED) is 0.676. The zero-order chi connectivity index (χ0) is 11.7. The number of nitrogens with zero attached hydrogens (tertiary/aromatic N) is 1. The average Bonchev–Trinajstić information content (AvgIpc) is 2.97. The lowest BCUT2D eigenvalue weighted by atomic mass is 10.2. The van der Waals surface area contributed by atoms with Gasteiger partial charge in [-0.25, -0.2) is 0 Å². The van der Waals surface area contributed by atoms with Crippen LogP contribution in [0.5, 0.6) is 0 Å². The van der Waals surface area contributed by atoms with Gasteiger partial charge in [0.05, 0.1) is 5.69 Å². The van der Waals surface area contributed by atoms with E-state index in [1.165, 1.54) is 22.1 Å². The Labute approximate surface area is 111 Å². The van der Waals surface area contributed by atoms with E-state index in [-0.39, 0.29) is 0 Å². The molecule has 1 aliphatic carbocycles. The van der Waals surface area contributed by atoms with E-state index in [0.717, 1.165) is 18.3 Å². The minimum absolute atomic E-state index is 0.703. The van der Waals surface area contributed by atoms with Crippen molar-refractivity contribution in [1.29, 1.82) is 0 Å². The predicted molar refractivity (Wildman–Crippen MR) is 78.8 cm³/mol. The summed E-state index contributed by atoms with van der Waals surface area (Å²) in [7, 11) is 0. The van der Waals surface area contributed by atoms with Gasteiger partial charge in [-0.1, -0.05) is 13.8 Å². The summed E-state index contributed by atoms with van der Waals surface area (Å²) in [6.45, 7) is 5.70. The normalized spacial score (nSPS) is 15.5. The second-order valence-electron chi connectivity index (χ2n) is 4.99. The molecule has 0 unspecified atom stereocenters. The summed E-state index contributed by atoms with van der Waals surface area (Å²) < 4.78 is 1.27. The minimum atomic E-state index is 0.703. The van der Waals surface area contributed by atoms with Crippen LogP contribution in [-0.4, -0.2) is 12.6 Å². The van der Waals surface area contributed by atoms with Crippen LogP contribution < -0.4 is 10.6 Å². The molecule has 0 radical (unpaired) electrons. The van der Waals surface area contributed by atoms with Crippen molar-refractivity contribution in [3.63, 3.8) is 0 Å². The monoisotopic (exact) mass is 330 g/mol. The molecule has 1 aromatic rings. The molecule has 0 atom stereocenters. The Kier molecular flexibility index (Phi) is 3.62. The smallest absolute Gasteiger partial charge is 0.0506 e. The van der Waals surface area contributed by atoms with E-state index in [1.54, 1.807) is 0 Å². The maximum absolute atomic E-state index is 5.80. The van der Waals surface area contributed by atoms with Crippen LogP contribution in [0.25, 0.3) is 0 Å². The van der Waals surface area contributed by atoms with Gasteiger partial charge in [0.15, 0.2) is 0 Å². The third-order valence-electron chi connectivity index (χ3n) is 2.83.